The molecule has 0 saturated heterocycles. The lowest BCUT2D eigenvalue weighted by Gasteiger charge is -2.17. The summed E-state index contributed by atoms with van der Waals surface area (Å²) < 4.78 is 12.5. The van der Waals surface area contributed by atoms with Gasteiger partial charge in [0, 0.05) is 16.7 Å². The van der Waals surface area contributed by atoms with E-state index in [0.29, 0.717) is 22.9 Å². The number of fused-ring (bicyclic) bond motifs is 4. The summed E-state index contributed by atoms with van der Waals surface area (Å²) in [7, 11) is 3.33. The van der Waals surface area contributed by atoms with Gasteiger partial charge in [0.25, 0.3) is 0 Å². The monoisotopic (exact) mass is 672 g/mol. The van der Waals surface area contributed by atoms with E-state index in [-0.39, 0.29) is 0 Å². The molecular formula is C46H32N4O2. The average Bonchev–Trinajstić information content (AvgIpc) is 4.00. The van der Waals surface area contributed by atoms with Gasteiger partial charge < -0.3 is 9.47 Å². The van der Waals surface area contributed by atoms with Gasteiger partial charge in [0.05, 0.1) is 54.0 Å². The zero-order valence-corrected chi connectivity index (χ0v) is 28.6. The van der Waals surface area contributed by atoms with E-state index in [0.717, 1.165) is 78.8 Å². The molecule has 0 radical (unpaired) electrons. The quantitative estimate of drug-likeness (QED) is 0.205. The highest BCUT2D eigenvalue weighted by Crippen LogP contribution is 2.47. The number of rotatable bonds is 6. The molecule has 6 heteroatoms. The molecule has 5 aliphatic heterocycles. The van der Waals surface area contributed by atoms with E-state index in [1.807, 2.05) is 66.8 Å². The first kappa shape index (κ1) is 31.1. The third-order valence-corrected chi connectivity index (χ3v) is 9.38. The number of hydrogen-bond acceptors (Lipinski definition) is 6. The fourth-order valence-electron chi connectivity index (χ4n) is 7.14. The fourth-order valence-corrected chi connectivity index (χ4v) is 7.14. The summed E-state index contributed by atoms with van der Waals surface area (Å²) in [5, 5.41) is 0. The lowest BCUT2D eigenvalue weighted by molar-refractivity contribution is 0.283. The van der Waals surface area contributed by atoms with Crippen LogP contribution in [0.1, 0.15) is 22.3 Å². The Kier molecular flexibility index (Phi) is 7.82. The Morgan fingerprint density at radius 3 is 1.50 bits per heavy atom. The number of hydrogen-bond donors (Lipinski definition) is 0. The molecule has 0 saturated carbocycles. The largest absolute Gasteiger partial charge is 0.494 e. The fraction of sp³-hybridized carbons (Fsp3) is 0.0435. The Hall–Kier alpha value is -6.92. The van der Waals surface area contributed by atoms with Crippen LogP contribution in [0.2, 0.25) is 0 Å². The third kappa shape index (κ3) is 5.38. The van der Waals surface area contributed by atoms with Gasteiger partial charge >= 0.3 is 0 Å². The lowest BCUT2D eigenvalue weighted by Crippen LogP contribution is -2.08. The molecule has 0 atom stereocenters. The molecule has 5 heterocycles. The Morgan fingerprint density at radius 2 is 0.904 bits per heavy atom. The first-order valence-electron chi connectivity index (χ1n) is 17.1. The van der Waals surface area contributed by atoms with Crippen molar-refractivity contribution in [3.63, 3.8) is 0 Å². The van der Waals surface area contributed by atoms with Gasteiger partial charge in [-0.3, -0.25) is 0 Å². The summed E-state index contributed by atoms with van der Waals surface area (Å²) in [5.74, 6) is 1.10. The highest BCUT2D eigenvalue weighted by Gasteiger charge is 2.37. The molecule has 52 heavy (non-hydrogen) atoms. The predicted octanol–water partition coefficient (Wildman–Crippen LogP) is 9.64. The van der Waals surface area contributed by atoms with Crippen molar-refractivity contribution in [3.8, 4) is 0 Å². The minimum Gasteiger partial charge on any atom is -0.494 e. The molecule has 6 nitrogen and oxygen atoms in total. The van der Waals surface area contributed by atoms with Crippen LogP contribution in [-0.2, 0) is 9.47 Å². The van der Waals surface area contributed by atoms with Gasteiger partial charge in [-0.1, -0.05) is 121 Å². The summed E-state index contributed by atoms with van der Waals surface area (Å²) in [6.07, 6.45) is 12.0. The van der Waals surface area contributed by atoms with Gasteiger partial charge in [-0.25, -0.2) is 20.0 Å². The van der Waals surface area contributed by atoms with Crippen molar-refractivity contribution < 1.29 is 9.47 Å². The summed E-state index contributed by atoms with van der Waals surface area (Å²) in [6, 6.07) is 41.5. The molecule has 5 aliphatic rings. The predicted molar refractivity (Wildman–Crippen MR) is 212 cm³/mol. The van der Waals surface area contributed by atoms with Gasteiger partial charge in [0.1, 0.15) is 5.71 Å². The molecule has 0 fully saturated rings. The highest BCUT2D eigenvalue weighted by atomic mass is 16.5. The second-order valence-corrected chi connectivity index (χ2v) is 12.5. The molecular weight excluding hydrogens is 641 g/mol. The SMILES string of the molecule is COC1=C2N=C(C(c3ccccc3)=C3N=C(C=C4C=CC(=N4)C=C4C=CC1=N4)C(c1ccccc1)=C3c1ccccc1)C(c1ccccc1)=C2OC. The summed E-state index contributed by atoms with van der Waals surface area (Å²) >= 11 is 0. The minimum atomic E-state index is 0.508. The van der Waals surface area contributed by atoms with Crippen LogP contribution in [0.4, 0.5) is 0 Å². The van der Waals surface area contributed by atoms with Crippen molar-refractivity contribution in [3.05, 3.63) is 214 Å². The van der Waals surface area contributed by atoms with Crippen LogP contribution < -0.4 is 0 Å². The first-order valence-corrected chi connectivity index (χ1v) is 17.1. The van der Waals surface area contributed by atoms with E-state index >= 15 is 0 Å². The Bertz CT molecular complexity index is 2520. The van der Waals surface area contributed by atoms with Gasteiger partial charge in [-0.15, -0.1) is 0 Å². The van der Waals surface area contributed by atoms with Crippen LogP contribution in [0.25, 0.3) is 22.3 Å². The molecule has 0 amide bonds. The minimum absolute atomic E-state index is 0.508. The number of allylic oxidation sites excluding steroid dienone is 10. The van der Waals surface area contributed by atoms with E-state index in [9.17, 15) is 0 Å². The van der Waals surface area contributed by atoms with E-state index in [2.05, 4.69) is 91.0 Å². The van der Waals surface area contributed by atoms with Gasteiger partial charge in [0.15, 0.2) is 17.2 Å². The van der Waals surface area contributed by atoms with Crippen LogP contribution in [0.5, 0.6) is 0 Å². The van der Waals surface area contributed by atoms with Gasteiger partial charge in [-0.05, 0) is 58.7 Å². The number of ether oxygens (including phenoxy) is 2. The molecule has 248 valence electrons. The second kappa shape index (κ2) is 13.1. The first-order chi connectivity index (χ1) is 25.7. The molecule has 0 N–H and O–H groups in total. The number of aliphatic imine (C=N–C) groups is 4. The maximum absolute atomic E-state index is 6.31. The van der Waals surface area contributed by atoms with Crippen molar-refractivity contribution in [2.75, 3.05) is 14.2 Å². The standard InChI is InChI=1S/C46H32N4O2/c1-51-45-36-26-25-34(48-36)27-33-23-24-35(47-33)28-37-38(29-15-7-3-8-16-29)39(30-17-9-4-10-18-30)42(49-37)40(31-19-11-5-12-20-31)43-41(32-21-13-6-14-22-32)46(52-2)44(45)50-43/h3-28H,1-2H3. The summed E-state index contributed by atoms with van der Waals surface area (Å²) in [5.41, 5.74) is 13.6. The van der Waals surface area contributed by atoms with E-state index < -0.39 is 0 Å². The van der Waals surface area contributed by atoms with Crippen molar-refractivity contribution in [1.29, 1.82) is 0 Å². The Balaban J connectivity index is 1.48. The molecule has 9 rings (SSSR count). The van der Waals surface area contributed by atoms with Crippen molar-refractivity contribution >= 4 is 45.1 Å². The lowest BCUT2D eigenvalue weighted by atomic mass is 9.85. The zero-order valence-electron chi connectivity index (χ0n) is 28.6. The van der Waals surface area contributed by atoms with Crippen LogP contribution in [0, 0.1) is 0 Å². The number of methoxy groups -OCH3 is 2. The second-order valence-electron chi connectivity index (χ2n) is 12.5. The summed E-state index contributed by atoms with van der Waals surface area (Å²) in [6.45, 7) is 0. The van der Waals surface area contributed by atoms with Crippen LogP contribution in [-0.4, -0.2) is 37.1 Å². The smallest absolute Gasteiger partial charge is 0.173 e. The Labute approximate surface area is 302 Å². The maximum atomic E-state index is 6.31. The molecule has 0 aliphatic carbocycles. The van der Waals surface area contributed by atoms with Gasteiger partial charge in [-0.2, -0.15) is 0 Å². The third-order valence-electron chi connectivity index (χ3n) is 9.38. The van der Waals surface area contributed by atoms with Crippen molar-refractivity contribution in [2.24, 2.45) is 20.0 Å². The van der Waals surface area contributed by atoms with E-state index in [4.69, 9.17) is 29.4 Å². The maximum Gasteiger partial charge on any atom is 0.173 e. The van der Waals surface area contributed by atoms with Gasteiger partial charge in [0.2, 0.25) is 0 Å². The van der Waals surface area contributed by atoms with Crippen molar-refractivity contribution in [1.82, 2.24) is 0 Å². The molecule has 0 aromatic heterocycles. The molecule has 8 bridgehead atoms. The highest BCUT2D eigenvalue weighted by molar-refractivity contribution is 6.50. The zero-order chi connectivity index (χ0) is 35.0. The van der Waals surface area contributed by atoms with Crippen LogP contribution in [0.15, 0.2) is 212 Å². The van der Waals surface area contributed by atoms with Crippen LogP contribution in [0.3, 0.4) is 0 Å². The van der Waals surface area contributed by atoms with Crippen molar-refractivity contribution in [2.45, 2.75) is 0 Å². The molecule has 4 aromatic rings. The van der Waals surface area contributed by atoms with E-state index in [1.165, 1.54) is 0 Å². The summed E-state index contributed by atoms with van der Waals surface area (Å²) in [4.78, 5) is 21.0. The van der Waals surface area contributed by atoms with Crippen LogP contribution >= 0.6 is 0 Å². The Morgan fingerprint density at radius 1 is 0.385 bits per heavy atom. The van der Waals surface area contributed by atoms with E-state index in [1.54, 1.807) is 14.2 Å². The normalized spacial score (nSPS) is 17.7. The molecule has 4 aromatic carbocycles. The topological polar surface area (TPSA) is 67.9 Å². The average molecular weight is 673 g/mol. The molecule has 0 spiro atoms. The number of benzene rings is 4. The molecule has 0 unspecified atom stereocenters. The number of nitrogens with zero attached hydrogens (tertiary/aromatic N) is 4.